The Labute approximate surface area is 154 Å². The predicted molar refractivity (Wildman–Crippen MR) is 97.5 cm³/mol. The molecule has 0 unspecified atom stereocenters. The van der Waals surface area contributed by atoms with Crippen molar-refractivity contribution in [1.29, 1.82) is 0 Å². The molecule has 0 radical (unpaired) electrons. The van der Waals surface area contributed by atoms with Crippen molar-refractivity contribution in [1.82, 2.24) is 10.9 Å². The molecule has 1 saturated carbocycles. The average Bonchev–Trinajstić information content (AvgIpc) is 2.64. The van der Waals surface area contributed by atoms with E-state index in [4.69, 9.17) is 9.47 Å². The Kier molecular flexibility index (Phi) is 5.39. The molecule has 1 aliphatic heterocycles. The lowest BCUT2D eigenvalue weighted by Gasteiger charge is -2.36. The number of amides is 2. The van der Waals surface area contributed by atoms with Crippen molar-refractivity contribution in [2.24, 2.45) is 17.3 Å². The second-order valence-electron chi connectivity index (χ2n) is 8.26. The number of hydrazine groups is 1. The summed E-state index contributed by atoms with van der Waals surface area (Å²) in [6.45, 7) is 6.88. The monoisotopic (exact) mass is 360 g/mol. The molecule has 0 bridgehead atoms. The van der Waals surface area contributed by atoms with Gasteiger partial charge in [-0.05, 0) is 49.1 Å². The van der Waals surface area contributed by atoms with Crippen LogP contribution in [0.15, 0.2) is 24.3 Å². The maximum absolute atomic E-state index is 12.3. The fourth-order valence-corrected chi connectivity index (χ4v) is 3.68. The fraction of sp³-hybridized carbons (Fsp3) is 0.600. The highest BCUT2D eigenvalue weighted by Crippen LogP contribution is 2.39. The van der Waals surface area contributed by atoms with Gasteiger partial charge in [-0.25, -0.2) is 0 Å². The van der Waals surface area contributed by atoms with E-state index in [1.165, 1.54) is 0 Å². The lowest BCUT2D eigenvalue weighted by molar-refractivity contribution is -0.136. The van der Waals surface area contributed by atoms with Crippen LogP contribution in [0.2, 0.25) is 0 Å². The molecule has 2 N–H and O–H groups in total. The zero-order valence-corrected chi connectivity index (χ0v) is 15.7. The van der Waals surface area contributed by atoms with Crippen LogP contribution in [0.4, 0.5) is 0 Å². The second kappa shape index (κ2) is 7.56. The van der Waals surface area contributed by atoms with Crippen LogP contribution in [-0.2, 0) is 9.59 Å². The van der Waals surface area contributed by atoms with E-state index in [2.05, 4.69) is 31.6 Å². The summed E-state index contributed by atoms with van der Waals surface area (Å²) in [7, 11) is 0. The molecule has 0 aromatic heterocycles. The molecule has 6 nitrogen and oxygen atoms in total. The first-order valence-corrected chi connectivity index (χ1v) is 9.33. The first-order valence-electron chi connectivity index (χ1n) is 9.33. The van der Waals surface area contributed by atoms with Gasteiger partial charge in [-0.3, -0.25) is 20.4 Å². The van der Waals surface area contributed by atoms with E-state index >= 15 is 0 Å². The number of carbonyl (C=O) groups is 2. The summed E-state index contributed by atoms with van der Waals surface area (Å²) in [6, 6.07) is 7.20. The Morgan fingerprint density at radius 3 is 2.23 bits per heavy atom. The Morgan fingerprint density at radius 1 is 0.962 bits per heavy atom. The minimum Gasteiger partial charge on any atom is -0.485 e. The molecule has 2 amide bonds. The maximum atomic E-state index is 12.3. The van der Waals surface area contributed by atoms with E-state index in [0.29, 0.717) is 17.4 Å². The van der Waals surface area contributed by atoms with Crippen molar-refractivity contribution in [3.63, 3.8) is 0 Å². The van der Waals surface area contributed by atoms with Gasteiger partial charge in [-0.15, -0.1) is 0 Å². The lowest BCUT2D eigenvalue weighted by atomic mass is 9.70. The van der Waals surface area contributed by atoms with E-state index in [-0.39, 0.29) is 23.8 Å². The molecule has 1 aliphatic carbocycles. The van der Waals surface area contributed by atoms with Crippen molar-refractivity contribution in [3.8, 4) is 11.5 Å². The van der Waals surface area contributed by atoms with E-state index in [1.807, 2.05) is 12.1 Å². The molecule has 1 atom stereocenters. The topological polar surface area (TPSA) is 76.7 Å². The highest BCUT2D eigenvalue weighted by molar-refractivity contribution is 5.86. The molecule has 1 aromatic carbocycles. The van der Waals surface area contributed by atoms with Crippen LogP contribution in [0.25, 0.3) is 0 Å². The Hall–Kier alpha value is -2.24. The average molecular weight is 360 g/mol. The quantitative estimate of drug-likeness (QED) is 0.795. The molecule has 142 valence electrons. The third-order valence-electron chi connectivity index (χ3n) is 5.43. The summed E-state index contributed by atoms with van der Waals surface area (Å²) in [4.78, 5) is 24.6. The lowest BCUT2D eigenvalue weighted by Crippen LogP contribution is -2.52. The predicted octanol–water partition coefficient (Wildman–Crippen LogP) is 2.83. The van der Waals surface area contributed by atoms with Crippen molar-refractivity contribution in [3.05, 3.63) is 24.3 Å². The third-order valence-corrected chi connectivity index (χ3v) is 5.43. The number of hydrogen-bond acceptors (Lipinski definition) is 4. The van der Waals surface area contributed by atoms with Crippen LogP contribution < -0.4 is 20.3 Å². The van der Waals surface area contributed by atoms with Gasteiger partial charge in [0, 0.05) is 5.92 Å². The zero-order valence-electron chi connectivity index (χ0n) is 15.7. The Morgan fingerprint density at radius 2 is 1.58 bits per heavy atom. The van der Waals surface area contributed by atoms with Gasteiger partial charge in [-0.1, -0.05) is 32.9 Å². The highest BCUT2D eigenvalue weighted by atomic mass is 16.6. The standard InChI is InChI=1S/C20H28N2O4/c1-20(2,3)14-10-8-13(9-11-14)18(23)21-22-19(24)17-12-25-15-6-4-5-7-16(15)26-17/h4-7,13-14,17H,8-12H2,1-3H3,(H,21,23)(H,22,24)/t13?,14?,17-/m1/s1. The maximum Gasteiger partial charge on any atom is 0.283 e. The minimum atomic E-state index is -0.776. The number of hydrogen-bond donors (Lipinski definition) is 2. The van der Waals surface area contributed by atoms with Gasteiger partial charge in [-0.2, -0.15) is 0 Å². The summed E-state index contributed by atoms with van der Waals surface area (Å²) in [5.74, 6) is 1.23. The van der Waals surface area contributed by atoms with E-state index in [9.17, 15) is 9.59 Å². The number of benzene rings is 1. The van der Waals surface area contributed by atoms with Gasteiger partial charge in [0.05, 0.1) is 0 Å². The largest absolute Gasteiger partial charge is 0.485 e. The van der Waals surface area contributed by atoms with Gasteiger partial charge in [0.2, 0.25) is 12.0 Å². The smallest absolute Gasteiger partial charge is 0.283 e. The van der Waals surface area contributed by atoms with Gasteiger partial charge in [0.1, 0.15) is 6.61 Å². The molecule has 0 spiro atoms. The second-order valence-corrected chi connectivity index (χ2v) is 8.26. The Bertz CT molecular complexity index is 660. The first-order chi connectivity index (χ1) is 12.3. The molecule has 1 fully saturated rings. The van der Waals surface area contributed by atoms with Crippen LogP contribution in [-0.4, -0.2) is 24.5 Å². The van der Waals surface area contributed by atoms with E-state index in [0.717, 1.165) is 25.7 Å². The van der Waals surface area contributed by atoms with Crippen molar-refractivity contribution < 1.29 is 19.1 Å². The molecule has 0 saturated heterocycles. The van der Waals surface area contributed by atoms with E-state index < -0.39 is 12.0 Å². The summed E-state index contributed by atoms with van der Waals surface area (Å²) in [5, 5.41) is 0. The van der Waals surface area contributed by atoms with Crippen molar-refractivity contribution in [2.45, 2.75) is 52.6 Å². The third kappa shape index (κ3) is 4.29. The van der Waals surface area contributed by atoms with Gasteiger partial charge >= 0.3 is 0 Å². The summed E-state index contributed by atoms with van der Waals surface area (Å²) in [5.41, 5.74) is 5.31. The first kappa shape index (κ1) is 18.5. The van der Waals surface area contributed by atoms with Gasteiger partial charge in [0.15, 0.2) is 11.5 Å². The van der Waals surface area contributed by atoms with Crippen molar-refractivity contribution >= 4 is 11.8 Å². The molecular formula is C20H28N2O4. The Balaban J connectivity index is 1.44. The summed E-state index contributed by atoms with van der Waals surface area (Å²) < 4.78 is 11.2. The van der Waals surface area contributed by atoms with Crippen LogP contribution in [0.5, 0.6) is 11.5 Å². The van der Waals surface area contributed by atoms with Crippen LogP contribution in [0.1, 0.15) is 46.5 Å². The number of nitrogens with one attached hydrogen (secondary N) is 2. The van der Waals surface area contributed by atoms with E-state index in [1.54, 1.807) is 12.1 Å². The highest BCUT2D eigenvalue weighted by Gasteiger charge is 2.33. The number of ether oxygens (including phenoxy) is 2. The van der Waals surface area contributed by atoms with Crippen LogP contribution in [0.3, 0.4) is 0 Å². The molecule has 1 heterocycles. The summed E-state index contributed by atoms with van der Waals surface area (Å²) >= 11 is 0. The number of para-hydroxylation sites is 2. The van der Waals surface area contributed by atoms with Gasteiger partial charge < -0.3 is 9.47 Å². The minimum absolute atomic E-state index is 0.0434. The molecule has 1 aromatic rings. The SMILES string of the molecule is CC(C)(C)C1CCC(C(=O)NNC(=O)[C@H]2COc3ccccc3O2)CC1. The molecule has 2 aliphatic rings. The van der Waals surface area contributed by atoms with Gasteiger partial charge in [0.25, 0.3) is 5.91 Å². The fourth-order valence-electron chi connectivity index (χ4n) is 3.68. The number of fused-ring (bicyclic) bond motifs is 1. The summed E-state index contributed by atoms with van der Waals surface area (Å²) in [6.07, 6.45) is 3.04. The molecular weight excluding hydrogens is 332 g/mol. The molecule has 6 heteroatoms. The number of carbonyl (C=O) groups excluding carboxylic acids is 2. The normalized spacial score (nSPS) is 25.3. The van der Waals surface area contributed by atoms with Crippen LogP contribution in [0, 0.1) is 17.3 Å². The van der Waals surface area contributed by atoms with Crippen LogP contribution >= 0.6 is 0 Å². The molecule has 3 rings (SSSR count). The molecule has 26 heavy (non-hydrogen) atoms. The zero-order chi connectivity index (χ0) is 18.7. The van der Waals surface area contributed by atoms with Crippen molar-refractivity contribution in [2.75, 3.05) is 6.61 Å². The number of rotatable bonds is 2.